The van der Waals surface area contributed by atoms with Gasteiger partial charge in [-0.25, -0.2) is 13.5 Å². The number of nitrogens with zero attached hydrogens (tertiary/aromatic N) is 2. The third-order valence-electron chi connectivity index (χ3n) is 3.65. The summed E-state index contributed by atoms with van der Waals surface area (Å²) in [7, 11) is 0. The highest BCUT2D eigenvalue weighted by molar-refractivity contribution is 5.93. The van der Waals surface area contributed by atoms with E-state index in [4.69, 9.17) is 4.42 Å². The van der Waals surface area contributed by atoms with Crippen LogP contribution in [0.4, 0.5) is 8.78 Å². The van der Waals surface area contributed by atoms with Gasteiger partial charge in [-0.05, 0) is 31.2 Å². The van der Waals surface area contributed by atoms with Crippen molar-refractivity contribution in [2.75, 3.05) is 6.54 Å². The highest BCUT2D eigenvalue weighted by Gasteiger charge is 2.27. The smallest absolute Gasteiger partial charge is 0.254 e. The first kappa shape index (κ1) is 16.8. The van der Waals surface area contributed by atoms with Gasteiger partial charge in [-0.2, -0.15) is 5.10 Å². The van der Waals surface area contributed by atoms with Gasteiger partial charge >= 0.3 is 0 Å². The van der Waals surface area contributed by atoms with E-state index in [2.05, 4.69) is 10.4 Å². The van der Waals surface area contributed by atoms with Crippen LogP contribution in [0.2, 0.25) is 0 Å². The Balaban J connectivity index is 1.71. The molecule has 1 unspecified atom stereocenters. The second-order valence-electron chi connectivity index (χ2n) is 5.70. The number of rotatable bonds is 5. The van der Waals surface area contributed by atoms with Gasteiger partial charge < -0.3 is 14.8 Å². The first-order chi connectivity index (χ1) is 11.9. The topological polar surface area (TPSA) is 80.3 Å². The maximum atomic E-state index is 13.8. The zero-order valence-corrected chi connectivity index (χ0v) is 13.2. The van der Waals surface area contributed by atoms with Gasteiger partial charge in [0.15, 0.2) is 5.82 Å². The lowest BCUT2D eigenvalue weighted by Crippen LogP contribution is -2.38. The van der Waals surface area contributed by atoms with E-state index < -0.39 is 23.1 Å². The van der Waals surface area contributed by atoms with E-state index in [0.29, 0.717) is 5.76 Å². The fraction of sp³-hybridized carbons (Fsp3) is 0.176. The van der Waals surface area contributed by atoms with Crippen LogP contribution in [-0.2, 0) is 5.60 Å². The maximum Gasteiger partial charge on any atom is 0.254 e. The predicted molar refractivity (Wildman–Crippen MR) is 84.1 cm³/mol. The van der Waals surface area contributed by atoms with E-state index in [0.717, 1.165) is 16.8 Å². The molecule has 0 saturated carbocycles. The largest absolute Gasteiger partial charge is 0.466 e. The second-order valence-corrected chi connectivity index (χ2v) is 5.70. The van der Waals surface area contributed by atoms with Gasteiger partial charge in [-0.1, -0.05) is 0 Å². The van der Waals surface area contributed by atoms with Crippen LogP contribution < -0.4 is 5.32 Å². The molecule has 0 bridgehead atoms. The highest BCUT2D eigenvalue weighted by Crippen LogP contribution is 2.20. The Morgan fingerprint density at radius 1 is 1.40 bits per heavy atom. The lowest BCUT2D eigenvalue weighted by atomic mass is 10.0. The molecule has 2 heterocycles. The second kappa shape index (κ2) is 6.48. The summed E-state index contributed by atoms with van der Waals surface area (Å²) in [6.45, 7) is 1.42. The molecule has 0 saturated heterocycles. The van der Waals surface area contributed by atoms with Crippen molar-refractivity contribution in [3.8, 4) is 5.69 Å². The van der Waals surface area contributed by atoms with Crippen molar-refractivity contribution in [3.05, 3.63) is 71.9 Å². The molecule has 25 heavy (non-hydrogen) atoms. The van der Waals surface area contributed by atoms with Crippen LogP contribution in [0.25, 0.3) is 5.69 Å². The van der Waals surface area contributed by atoms with Gasteiger partial charge in [0.25, 0.3) is 5.91 Å². The number of benzene rings is 1. The predicted octanol–water partition coefficient (Wildman–Crippen LogP) is 2.38. The van der Waals surface area contributed by atoms with Gasteiger partial charge in [0.05, 0.1) is 24.6 Å². The highest BCUT2D eigenvalue weighted by atomic mass is 19.1. The summed E-state index contributed by atoms with van der Waals surface area (Å²) in [5.74, 6) is -1.68. The summed E-state index contributed by atoms with van der Waals surface area (Å²) in [5, 5.41) is 16.8. The molecular formula is C17H15F2N3O3. The quantitative estimate of drug-likeness (QED) is 0.743. The third kappa shape index (κ3) is 3.58. The number of hydrogen-bond acceptors (Lipinski definition) is 4. The molecule has 6 nitrogen and oxygen atoms in total. The number of carbonyl (C=O) groups excluding carboxylic acids is 1. The Kier molecular flexibility index (Phi) is 4.37. The molecule has 0 fully saturated rings. The third-order valence-corrected chi connectivity index (χ3v) is 3.65. The number of hydrogen-bond donors (Lipinski definition) is 2. The standard InChI is InChI=1S/C17H15F2N3O3/c1-17(24,15-3-2-6-25-15)10-20-16(23)11-8-21-22(9-11)14-5-4-12(18)7-13(14)19/h2-9,24H,10H2,1H3,(H,20,23). The van der Waals surface area contributed by atoms with Gasteiger partial charge in [0.1, 0.15) is 22.9 Å². The molecule has 3 aromatic rings. The van der Waals surface area contributed by atoms with Crippen LogP contribution in [0.1, 0.15) is 23.0 Å². The monoisotopic (exact) mass is 347 g/mol. The Bertz CT molecular complexity index is 888. The first-order valence-electron chi connectivity index (χ1n) is 7.41. The SMILES string of the molecule is CC(O)(CNC(=O)c1cnn(-c2ccc(F)cc2F)c1)c1ccco1. The minimum absolute atomic E-state index is 0.0167. The van der Waals surface area contributed by atoms with E-state index in [-0.39, 0.29) is 17.8 Å². The zero-order chi connectivity index (χ0) is 18.0. The van der Waals surface area contributed by atoms with Crippen molar-refractivity contribution < 1.29 is 23.1 Å². The average molecular weight is 347 g/mol. The van der Waals surface area contributed by atoms with E-state index in [1.165, 1.54) is 31.6 Å². The Labute approximate surface area is 141 Å². The summed E-state index contributed by atoms with van der Waals surface area (Å²) >= 11 is 0. The molecule has 8 heteroatoms. The van der Waals surface area contributed by atoms with Crippen LogP contribution in [0, 0.1) is 11.6 Å². The lowest BCUT2D eigenvalue weighted by molar-refractivity contribution is 0.0330. The first-order valence-corrected chi connectivity index (χ1v) is 7.41. The summed E-state index contributed by atoms with van der Waals surface area (Å²) in [5.41, 5.74) is -1.19. The van der Waals surface area contributed by atoms with Gasteiger partial charge in [0.2, 0.25) is 0 Å². The number of halogens is 2. The van der Waals surface area contributed by atoms with Crippen LogP contribution in [-0.4, -0.2) is 27.3 Å². The zero-order valence-electron chi connectivity index (χ0n) is 13.2. The maximum absolute atomic E-state index is 13.8. The van der Waals surface area contributed by atoms with E-state index in [1.807, 2.05) is 0 Å². The summed E-state index contributed by atoms with van der Waals surface area (Å²) in [6, 6.07) is 6.28. The fourth-order valence-corrected chi connectivity index (χ4v) is 2.27. The van der Waals surface area contributed by atoms with Gasteiger partial charge in [0, 0.05) is 12.3 Å². The van der Waals surface area contributed by atoms with Crippen molar-refractivity contribution in [2.45, 2.75) is 12.5 Å². The molecule has 1 amide bonds. The molecule has 2 aromatic heterocycles. The minimum atomic E-state index is -1.38. The number of furan rings is 1. The van der Waals surface area contributed by atoms with Gasteiger partial charge in [-0.3, -0.25) is 4.79 Å². The normalized spacial score (nSPS) is 13.4. The number of aliphatic hydroxyl groups is 1. The van der Waals surface area contributed by atoms with Crippen LogP contribution in [0.15, 0.2) is 53.4 Å². The van der Waals surface area contributed by atoms with Gasteiger partial charge in [-0.15, -0.1) is 0 Å². The molecule has 0 radical (unpaired) electrons. The van der Waals surface area contributed by atoms with Crippen LogP contribution in [0.3, 0.4) is 0 Å². The lowest BCUT2D eigenvalue weighted by Gasteiger charge is -2.20. The van der Waals surface area contributed by atoms with Crippen LogP contribution >= 0.6 is 0 Å². The molecule has 3 rings (SSSR count). The van der Waals surface area contributed by atoms with Crippen molar-refractivity contribution in [2.24, 2.45) is 0 Å². The fourth-order valence-electron chi connectivity index (χ4n) is 2.27. The van der Waals surface area contributed by atoms with Crippen molar-refractivity contribution in [3.63, 3.8) is 0 Å². The number of carbonyl (C=O) groups is 1. The molecule has 0 aliphatic heterocycles. The Hall–Kier alpha value is -3.00. The molecule has 1 aromatic carbocycles. The van der Waals surface area contributed by atoms with Crippen molar-refractivity contribution >= 4 is 5.91 Å². The van der Waals surface area contributed by atoms with E-state index in [9.17, 15) is 18.7 Å². The Morgan fingerprint density at radius 3 is 2.88 bits per heavy atom. The molecule has 0 aliphatic rings. The average Bonchev–Trinajstić information content (AvgIpc) is 3.24. The summed E-state index contributed by atoms with van der Waals surface area (Å²) < 4.78 is 33.0. The van der Waals surface area contributed by atoms with E-state index in [1.54, 1.807) is 12.1 Å². The molecule has 2 N–H and O–H groups in total. The number of aromatic nitrogens is 2. The van der Waals surface area contributed by atoms with E-state index >= 15 is 0 Å². The number of amides is 1. The number of nitrogens with one attached hydrogen (secondary N) is 1. The summed E-state index contributed by atoms with van der Waals surface area (Å²) in [4.78, 5) is 12.2. The van der Waals surface area contributed by atoms with Crippen LogP contribution in [0.5, 0.6) is 0 Å². The minimum Gasteiger partial charge on any atom is -0.466 e. The molecule has 130 valence electrons. The molecule has 1 atom stereocenters. The van der Waals surface area contributed by atoms with Crippen molar-refractivity contribution in [1.82, 2.24) is 15.1 Å². The molecule has 0 aliphatic carbocycles. The Morgan fingerprint density at radius 2 is 2.20 bits per heavy atom. The van der Waals surface area contributed by atoms with Crippen molar-refractivity contribution in [1.29, 1.82) is 0 Å². The molecular weight excluding hydrogens is 332 g/mol. The summed E-state index contributed by atoms with van der Waals surface area (Å²) in [6.07, 6.45) is 3.99. The molecule has 0 spiro atoms.